The number of methoxy groups -OCH3 is 1. The molecule has 3 aromatic rings. The molecule has 0 N–H and O–H groups in total. The highest BCUT2D eigenvalue weighted by Gasteiger charge is 2.56. The van der Waals surface area contributed by atoms with Crippen LogP contribution < -0.4 is 15.1 Å². The van der Waals surface area contributed by atoms with Gasteiger partial charge in [-0.1, -0.05) is 99.6 Å². The Labute approximate surface area is 256 Å². The van der Waals surface area contributed by atoms with Gasteiger partial charge in [0, 0.05) is 6.92 Å². The van der Waals surface area contributed by atoms with Gasteiger partial charge in [-0.15, -0.1) is 6.58 Å². The van der Waals surface area contributed by atoms with Crippen molar-refractivity contribution >= 4 is 24.7 Å². The van der Waals surface area contributed by atoms with E-state index in [1.165, 1.54) is 6.92 Å². The largest absolute Gasteiger partial charge is 0.497 e. The Balaban J connectivity index is 1.83. The van der Waals surface area contributed by atoms with Gasteiger partial charge in [-0.05, 0) is 40.0 Å². The molecule has 3 aromatic carbocycles. The van der Waals surface area contributed by atoms with Gasteiger partial charge < -0.3 is 28.1 Å². The monoisotopic (exact) mass is 604 g/mol. The summed E-state index contributed by atoms with van der Waals surface area (Å²) in [6.45, 7) is 14.3. The minimum atomic E-state index is -3.03. The van der Waals surface area contributed by atoms with Crippen molar-refractivity contribution in [3.8, 4) is 5.75 Å². The smallest absolute Gasteiger partial charge is 0.303 e. The van der Waals surface area contributed by atoms with E-state index in [9.17, 15) is 4.79 Å². The fraction of sp³-hybridized carbons (Fsp3) is 0.400. The maximum Gasteiger partial charge on any atom is 0.303 e. The Morgan fingerprint density at radius 2 is 1.47 bits per heavy atom. The topological polar surface area (TPSA) is 72.5 Å². The second-order valence-electron chi connectivity index (χ2n) is 11.8. The van der Waals surface area contributed by atoms with Crippen molar-refractivity contribution in [1.29, 1.82) is 0 Å². The van der Waals surface area contributed by atoms with Gasteiger partial charge in [0.05, 0.1) is 26.4 Å². The van der Waals surface area contributed by atoms with Crippen LogP contribution in [0.3, 0.4) is 0 Å². The highest BCUT2D eigenvalue weighted by Crippen LogP contribution is 2.40. The minimum Gasteiger partial charge on any atom is -0.497 e. The Morgan fingerprint density at radius 3 is 1.95 bits per heavy atom. The van der Waals surface area contributed by atoms with Crippen molar-refractivity contribution in [1.82, 2.24) is 0 Å². The van der Waals surface area contributed by atoms with Gasteiger partial charge in [0.25, 0.3) is 8.32 Å². The van der Waals surface area contributed by atoms with Gasteiger partial charge in [-0.2, -0.15) is 0 Å². The molecule has 230 valence electrons. The molecule has 8 heteroatoms. The first-order valence-corrected chi connectivity index (χ1v) is 16.6. The van der Waals surface area contributed by atoms with Crippen molar-refractivity contribution in [3.05, 3.63) is 103 Å². The first-order valence-electron chi connectivity index (χ1n) is 14.7. The van der Waals surface area contributed by atoms with Crippen LogP contribution in [0.25, 0.3) is 0 Å². The summed E-state index contributed by atoms with van der Waals surface area (Å²) < 4.78 is 37.8. The Morgan fingerprint density at radius 1 is 0.884 bits per heavy atom. The Kier molecular flexibility index (Phi) is 11.0. The van der Waals surface area contributed by atoms with Crippen molar-refractivity contribution < 1.29 is 32.9 Å². The molecule has 1 aliphatic rings. The van der Waals surface area contributed by atoms with Gasteiger partial charge in [0.1, 0.15) is 18.0 Å². The molecule has 1 fully saturated rings. The lowest BCUT2D eigenvalue weighted by Gasteiger charge is -2.51. The highest BCUT2D eigenvalue weighted by molar-refractivity contribution is 6.99. The fourth-order valence-corrected chi connectivity index (χ4v) is 10.5. The average Bonchev–Trinajstić information content (AvgIpc) is 3.00. The molecule has 4 rings (SSSR count). The summed E-state index contributed by atoms with van der Waals surface area (Å²) in [4.78, 5) is 12.4. The quantitative estimate of drug-likeness (QED) is 0.156. The molecule has 0 unspecified atom stereocenters. The molecule has 0 amide bonds. The van der Waals surface area contributed by atoms with Crippen molar-refractivity contribution in [2.24, 2.45) is 0 Å². The second kappa shape index (κ2) is 14.5. The van der Waals surface area contributed by atoms with Crippen LogP contribution in [0.5, 0.6) is 5.75 Å². The van der Waals surface area contributed by atoms with Crippen molar-refractivity contribution in [2.75, 3.05) is 13.7 Å². The third-order valence-corrected chi connectivity index (χ3v) is 12.8. The summed E-state index contributed by atoms with van der Waals surface area (Å²) in [5.74, 6) is 0.296. The van der Waals surface area contributed by atoms with Gasteiger partial charge in [-0.25, -0.2) is 0 Å². The van der Waals surface area contributed by atoms with Crippen LogP contribution in [0.15, 0.2) is 97.6 Å². The average molecular weight is 605 g/mol. The lowest BCUT2D eigenvalue weighted by atomic mass is 9.99. The van der Waals surface area contributed by atoms with E-state index in [0.29, 0.717) is 0 Å². The molecule has 5 atom stereocenters. The first-order chi connectivity index (χ1) is 20.6. The van der Waals surface area contributed by atoms with Gasteiger partial charge in [0.2, 0.25) is 0 Å². The van der Waals surface area contributed by atoms with Crippen LogP contribution in [-0.4, -0.2) is 58.7 Å². The third-order valence-electron chi connectivity index (χ3n) is 7.74. The second-order valence-corrected chi connectivity index (χ2v) is 16.0. The van der Waals surface area contributed by atoms with Crippen LogP contribution in [0, 0.1) is 0 Å². The highest BCUT2D eigenvalue weighted by atomic mass is 28.4. The molecule has 0 spiro atoms. The molecule has 7 nitrogen and oxygen atoms in total. The number of carbonyl (C=O) groups is 1. The Hall–Kier alpha value is -3.27. The van der Waals surface area contributed by atoms with Crippen LogP contribution in [0.2, 0.25) is 5.04 Å². The number of carbonyl (C=O) groups excluding carboxylic acids is 1. The molecule has 0 saturated carbocycles. The molecule has 0 aliphatic carbocycles. The van der Waals surface area contributed by atoms with E-state index in [1.54, 1.807) is 13.2 Å². The van der Waals surface area contributed by atoms with E-state index in [2.05, 4.69) is 75.9 Å². The van der Waals surface area contributed by atoms with Crippen LogP contribution in [0.4, 0.5) is 0 Å². The molecule has 0 radical (unpaired) electrons. The zero-order chi connectivity index (χ0) is 31.0. The van der Waals surface area contributed by atoms with Crippen LogP contribution in [0.1, 0.15) is 40.2 Å². The molecule has 1 aliphatic heterocycles. The lowest BCUT2D eigenvalue weighted by molar-refractivity contribution is -0.299. The molecule has 1 heterocycles. The van der Waals surface area contributed by atoms with E-state index in [0.717, 1.165) is 21.7 Å². The summed E-state index contributed by atoms with van der Waals surface area (Å²) in [6.07, 6.45) is -1.86. The third kappa shape index (κ3) is 7.45. The van der Waals surface area contributed by atoms with Gasteiger partial charge >= 0.3 is 5.97 Å². The first kappa shape index (κ1) is 32.6. The molecule has 0 aromatic heterocycles. The molecular weight excluding hydrogens is 560 g/mol. The molecule has 0 bridgehead atoms. The Bertz CT molecular complexity index is 1270. The zero-order valence-corrected chi connectivity index (χ0v) is 27.0. The summed E-state index contributed by atoms with van der Waals surface area (Å²) in [5, 5.41) is 1.97. The number of esters is 1. The fourth-order valence-electron chi connectivity index (χ4n) is 5.75. The molecular formula is C35H44O7Si. The number of benzene rings is 3. The van der Waals surface area contributed by atoms with Crippen molar-refractivity contribution in [3.63, 3.8) is 0 Å². The van der Waals surface area contributed by atoms with E-state index in [-0.39, 0.29) is 18.3 Å². The lowest BCUT2D eigenvalue weighted by Crippen LogP contribution is -2.71. The van der Waals surface area contributed by atoms with Gasteiger partial charge in [-0.3, -0.25) is 4.79 Å². The summed E-state index contributed by atoms with van der Waals surface area (Å²) in [7, 11) is -1.40. The van der Waals surface area contributed by atoms with E-state index < -0.39 is 45.0 Å². The van der Waals surface area contributed by atoms with Crippen LogP contribution >= 0.6 is 0 Å². The van der Waals surface area contributed by atoms with E-state index in [1.807, 2.05) is 43.3 Å². The molecule has 1 saturated heterocycles. The maximum atomic E-state index is 12.4. The summed E-state index contributed by atoms with van der Waals surface area (Å²) in [5.41, 5.74) is 0.939. The zero-order valence-electron chi connectivity index (χ0n) is 26.0. The van der Waals surface area contributed by atoms with E-state index >= 15 is 0 Å². The maximum absolute atomic E-state index is 12.4. The van der Waals surface area contributed by atoms with Gasteiger partial charge in [0.15, 0.2) is 12.4 Å². The number of hydrogen-bond donors (Lipinski definition) is 0. The van der Waals surface area contributed by atoms with Crippen LogP contribution in [-0.2, 0) is 34.8 Å². The number of ether oxygens (including phenoxy) is 5. The predicted molar refractivity (Wildman–Crippen MR) is 170 cm³/mol. The molecule has 43 heavy (non-hydrogen) atoms. The number of hydrogen-bond acceptors (Lipinski definition) is 7. The van der Waals surface area contributed by atoms with Crippen molar-refractivity contribution in [2.45, 2.75) is 77.0 Å². The number of rotatable bonds is 12. The minimum absolute atomic E-state index is 0.223. The van der Waals surface area contributed by atoms with E-state index in [4.69, 9.17) is 28.1 Å². The summed E-state index contributed by atoms with van der Waals surface area (Å²) in [6, 6.07) is 28.5. The standard InChI is InChI=1S/C35H44O7Si/c1-8-23-38-34-33(41-26(3)36)32(39-24-27-19-21-28(37-7)22-20-27)31(25(2)40-34)42-43(35(4,5)6,29-15-11-9-12-16-29)30-17-13-10-14-18-30/h8-22,25,31-34H,1,23-24H2,2-7H3/t25-,31-,32+,33+,34+/m0/s1. The predicted octanol–water partition coefficient (Wildman–Crippen LogP) is 5.40. The SMILES string of the molecule is C=CCO[C@@H]1O[C@@H](C)[C@H](O[Si](c2ccccc2)(c2ccccc2)C(C)(C)C)[C@@H](OCc2ccc(OC)cc2)[C@H]1OC(C)=O. The summed E-state index contributed by atoms with van der Waals surface area (Å²) >= 11 is 0. The normalized spacial score (nSPS) is 22.5.